The number of rotatable bonds is 7. The molecule has 5 nitrogen and oxygen atoms in total. The zero-order chi connectivity index (χ0) is 15.4. The predicted octanol–water partition coefficient (Wildman–Crippen LogP) is 1.95. The molecular weight excluding hydrogens is 302 g/mol. The van der Waals surface area contributed by atoms with Crippen LogP contribution in [0.4, 0.5) is 0 Å². The smallest absolute Gasteiger partial charge is 0.252 e. The van der Waals surface area contributed by atoms with Gasteiger partial charge >= 0.3 is 0 Å². The first-order valence-electron chi connectivity index (χ1n) is 7.04. The average molecular weight is 319 g/mol. The molecular formula is C16H17NO4S. The summed E-state index contributed by atoms with van der Waals surface area (Å²) in [6.07, 6.45) is -0.706. The minimum Gasteiger partial charge on any atom is -0.491 e. The highest BCUT2D eigenvalue weighted by Gasteiger charge is 2.19. The lowest BCUT2D eigenvalue weighted by Gasteiger charge is -2.13. The molecule has 1 aliphatic rings. The summed E-state index contributed by atoms with van der Waals surface area (Å²) in [4.78, 5) is 12.7. The van der Waals surface area contributed by atoms with Crippen LogP contribution in [0.5, 0.6) is 5.75 Å². The zero-order valence-corrected chi connectivity index (χ0v) is 12.8. The van der Waals surface area contributed by atoms with Gasteiger partial charge < -0.3 is 19.9 Å². The molecule has 1 aromatic heterocycles. The molecule has 0 spiro atoms. The van der Waals surface area contributed by atoms with Gasteiger partial charge in [-0.05, 0) is 29.1 Å². The SMILES string of the molecule is O=C1NCc2ccc(OCC(O)COCc3cccs3)cc21. The third kappa shape index (κ3) is 3.65. The van der Waals surface area contributed by atoms with Gasteiger partial charge in [-0.1, -0.05) is 12.1 Å². The van der Waals surface area contributed by atoms with Crippen LogP contribution < -0.4 is 10.1 Å². The van der Waals surface area contributed by atoms with Crippen LogP contribution >= 0.6 is 11.3 Å². The molecule has 0 saturated carbocycles. The van der Waals surface area contributed by atoms with E-state index < -0.39 is 6.10 Å². The van der Waals surface area contributed by atoms with E-state index in [2.05, 4.69) is 5.32 Å². The third-order valence-electron chi connectivity index (χ3n) is 3.34. The summed E-state index contributed by atoms with van der Waals surface area (Å²) in [5.41, 5.74) is 1.61. The predicted molar refractivity (Wildman–Crippen MR) is 83.1 cm³/mol. The molecule has 2 N–H and O–H groups in total. The Morgan fingerprint density at radius 1 is 1.32 bits per heavy atom. The van der Waals surface area contributed by atoms with Gasteiger partial charge in [0.15, 0.2) is 0 Å². The summed E-state index contributed by atoms with van der Waals surface area (Å²) < 4.78 is 11.0. The van der Waals surface area contributed by atoms with E-state index in [-0.39, 0.29) is 19.1 Å². The van der Waals surface area contributed by atoms with E-state index in [1.807, 2.05) is 23.6 Å². The normalized spacial score (nSPS) is 14.5. The fourth-order valence-corrected chi connectivity index (χ4v) is 2.85. The zero-order valence-electron chi connectivity index (χ0n) is 12.0. The van der Waals surface area contributed by atoms with Crippen molar-refractivity contribution in [1.82, 2.24) is 5.32 Å². The Kier molecular flexibility index (Phi) is 4.72. The highest BCUT2D eigenvalue weighted by atomic mass is 32.1. The van der Waals surface area contributed by atoms with Crippen molar-refractivity contribution in [1.29, 1.82) is 0 Å². The molecule has 0 fully saturated rings. The molecule has 1 amide bonds. The van der Waals surface area contributed by atoms with Crippen molar-refractivity contribution in [2.24, 2.45) is 0 Å². The summed E-state index contributed by atoms with van der Waals surface area (Å²) in [7, 11) is 0. The van der Waals surface area contributed by atoms with Gasteiger partial charge in [-0.3, -0.25) is 4.79 Å². The molecule has 6 heteroatoms. The number of nitrogens with one attached hydrogen (secondary N) is 1. The van der Waals surface area contributed by atoms with Gasteiger partial charge in [-0.15, -0.1) is 11.3 Å². The van der Waals surface area contributed by atoms with Crippen LogP contribution in [0.2, 0.25) is 0 Å². The maximum Gasteiger partial charge on any atom is 0.252 e. The van der Waals surface area contributed by atoms with E-state index in [0.717, 1.165) is 10.4 Å². The Hall–Kier alpha value is -1.89. The summed E-state index contributed by atoms with van der Waals surface area (Å²) >= 11 is 1.62. The van der Waals surface area contributed by atoms with E-state index >= 15 is 0 Å². The van der Waals surface area contributed by atoms with E-state index in [1.54, 1.807) is 23.5 Å². The summed E-state index contributed by atoms with van der Waals surface area (Å²) in [5.74, 6) is 0.494. The van der Waals surface area contributed by atoms with Crippen molar-refractivity contribution in [2.75, 3.05) is 13.2 Å². The second kappa shape index (κ2) is 6.91. The second-order valence-electron chi connectivity index (χ2n) is 5.06. The first-order valence-corrected chi connectivity index (χ1v) is 7.92. The Morgan fingerprint density at radius 2 is 2.23 bits per heavy atom. The number of aliphatic hydroxyl groups excluding tert-OH is 1. The van der Waals surface area contributed by atoms with Crippen molar-refractivity contribution in [3.63, 3.8) is 0 Å². The molecule has 0 aliphatic carbocycles. The Morgan fingerprint density at radius 3 is 3.05 bits per heavy atom. The minimum absolute atomic E-state index is 0.0831. The number of fused-ring (bicyclic) bond motifs is 1. The fraction of sp³-hybridized carbons (Fsp3) is 0.312. The number of benzene rings is 1. The molecule has 116 valence electrons. The minimum atomic E-state index is -0.706. The van der Waals surface area contributed by atoms with Crippen molar-refractivity contribution in [3.8, 4) is 5.75 Å². The number of thiophene rings is 1. The lowest BCUT2D eigenvalue weighted by molar-refractivity contribution is 0.00624. The molecule has 0 saturated heterocycles. The van der Waals surface area contributed by atoms with Gasteiger partial charge in [-0.25, -0.2) is 0 Å². The highest BCUT2D eigenvalue weighted by Crippen LogP contribution is 2.21. The lowest BCUT2D eigenvalue weighted by atomic mass is 10.1. The first kappa shape index (κ1) is 15.0. The van der Waals surface area contributed by atoms with Crippen LogP contribution in [-0.4, -0.2) is 30.3 Å². The van der Waals surface area contributed by atoms with Crippen LogP contribution in [0, 0.1) is 0 Å². The monoisotopic (exact) mass is 319 g/mol. The summed E-state index contributed by atoms with van der Waals surface area (Å²) in [5, 5.41) is 14.6. The Labute approximate surface area is 132 Å². The number of ether oxygens (including phenoxy) is 2. The molecule has 1 unspecified atom stereocenters. The van der Waals surface area contributed by atoms with E-state index in [1.165, 1.54) is 0 Å². The van der Waals surface area contributed by atoms with Crippen molar-refractivity contribution in [3.05, 3.63) is 51.7 Å². The van der Waals surface area contributed by atoms with Crippen molar-refractivity contribution in [2.45, 2.75) is 19.3 Å². The third-order valence-corrected chi connectivity index (χ3v) is 4.19. The van der Waals surface area contributed by atoms with Crippen molar-refractivity contribution < 1.29 is 19.4 Å². The first-order chi connectivity index (χ1) is 10.7. The molecule has 0 bridgehead atoms. The van der Waals surface area contributed by atoms with Crippen LogP contribution in [0.1, 0.15) is 20.8 Å². The topological polar surface area (TPSA) is 67.8 Å². The van der Waals surface area contributed by atoms with Crippen LogP contribution in [0.15, 0.2) is 35.7 Å². The summed E-state index contributed by atoms with van der Waals surface area (Å²) in [6.45, 7) is 1.40. The highest BCUT2D eigenvalue weighted by molar-refractivity contribution is 7.09. The molecule has 22 heavy (non-hydrogen) atoms. The van der Waals surface area contributed by atoms with Crippen LogP contribution in [0.25, 0.3) is 0 Å². The van der Waals surface area contributed by atoms with Gasteiger partial charge in [-0.2, -0.15) is 0 Å². The average Bonchev–Trinajstić information content (AvgIpc) is 3.16. The molecule has 0 radical (unpaired) electrons. The van der Waals surface area contributed by atoms with E-state index in [4.69, 9.17) is 9.47 Å². The molecule has 1 aliphatic heterocycles. The van der Waals surface area contributed by atoms with Gasteiger partial charge in [0, 0.05) is 17.0 Å². The molecule has 3 rings (SSSR count). The number of aliphatic hydroxyl groups is 1. The largest absolute Gasteiger partial charge is 0.491 e. The van der Waals surface area contributed by atoms with Gasteiger partial charge in [0.1, 0.15) is 18.5 Å². The maximum atomic E-state index is 11.6. The lowest BCUT2D eigenvalue weighted by Crippen LogP contribution is -2.23. The number of hydrogen-bond donors (Lipinski definition) is 2. The Balaban J connectivity index is 1.44. The molecule has 2 heterocycles. The molecule has 1 atom stereocenters. The molecule has 1 aromatic carbocycles. The quantitative estimate of drug-likeness (QED) is 0.818. The number of amides is 1. The van der Waals surface area contributed by atoms with E-state index in [0.29, 0.717) is 24.5 Å². The van der Waals surface area contributed by atoms with Crippen LogP contribution in [-0.2, 0) is 17.9 Å². The standard InChI is InChI=1S/C16H17NO4S/c18-12(8-20-10-14-2-1-5-22-14)9-21-13-4-3-11-7-17-16(19)15(11)6-13/h1-6,12,18H,7-10H2,(H,17,19). The van der Waals surface area contributed by atoms with Gasteiger partial charge in [0.2, 0.25) is 0 Å². The number of carbonyl (C=O) groups excluding carboxylic acids is 1. The van der Waals surface area contributed by atoms with E-state index in [9.17, 15) is 9.90 Å². The maximum absolute atomic E-state index is 11.6. The molecule has 2 aromatic rings. The van der Waals surface area contributed by atoms with Crippen LogP contribution in [0.3, 0.4) is 0 Å². The second-order valence-corrected chi connectivity index (χ2v) is 6.09. The number of hydrogen-bond acceptors (Lipinski definition) is 5. The number of carbonyl (C=O) groups is 1. The fourth-order valence-electron chi connectivity index (χ4n) is 2.21. The van der Waals surface area contributed by atoms with Crippen molar-refractivity contribution >= 4 is 17.2 Å². The van der Waals surface area contributed by atoms with Gasteiger partial charge in [0.05, 0.1) is 13.2 Å². The summed E-state index contributed by atoms with van der Waals surface area (Å²) in [6, 6.07) is 9.33. The Bertz CT molecular complexity index is 642. The van der Waals surface area contributed by atoms with Gasteiger partial charge in [0.25, 0.3) is 5.91 Å².